The molecule has 1 saturated heterocycles. The van der Waals surface area contributed by atoms with Crippen molar-refractivity contribution < 1.29 is 22.7 Å². The van der Waals surface area contributed by atoms with Gasteiger partial charge in [0, 0.05) is 12.2 Å². The summed E-state index contributed by atoms with van der Waals surface area (Å²) in [4.78, 5) is 29.5. The lowest BCUT2D eigenvalue weighted by atomic mass is 10.1. The fraction of sp³-hybridized carbons (Fsp3) is 0.222. The van der Waals surface area contributed by atoms with Crippen LogP contribution in [0.2, 0.25) is 0 Å². The third kappa shape index (κ3) is 6.36. The minimum Gasteiger partial charge on any atom is -0.494 e. The van der Waals surface area contributed by atoms with E-state index in [0.29, 0.717) is 36.1 Å². The molecule has 4 rings (SSSR count). The molecule has 0 bridgehead atoms. The topological polar surface area (TPSA) is 122 Å². The summed E-state index contributed by atoms with van der Waals surface area (Å²) >= 11 is 5.69. The van der Waals surface area contributed by atoms with E-state index in [4.69, 9.17) is 22.1 Å². The van der Waals surface area contributed by atoms with Crippen molar-refractivity contribution in [2.24, 2.45) is 5.14 Å². The molecule has 9 nitrogen and oxygen atoms in total. The number of carbonyl (C=O) groups excluding carboxylic acids is 2. The second-order valence-corrected chi connectivity index (χ2v) is 10.6. The van der Waals surface area contributed by atoms with Gasteiger partial charge in [0.1, 0.15) is 11.8 Å². The van der Waals surface area contributed by atoms with Gasteiger partial charge >= 0.3 is 0 Å². The molecule has 2 amide bonds. The van der Waals surface area contributed by atoms with Crippen molar-refractivity contribution in [3.8, 4) is 5.75 Å². The zero-order chi connectivity index (χ0) is 27.3. The molecule has 0 radical (unpaired) electrons. The number of benzene rings is 3. The van der Waals surface area contributed by atoms with E-state index < -0.39 is 16.1 Å². The fourth-order valence-electron chi connectivity index (χ4n) is 4.20. The molecular weight excluding hydrogens is 524 g/mol. The average molecular weight is 553 g/mol. The van der Waals surface area contributed by atoms with Gasteiger partial charge in [-0.25, -0.2) is 18.5 Å². The largest absolute Gasteiger partial charge is 0.494 e. The van der Waals surface area contributed by atoms with Crippen molar-refractivity contribution in [3.63, 3.8) is 0 Å². The molecule has 0 saturated carbocycles. The number of nitrogens with zero attached hydrogens (tertiary/aromatic N) is 2. The van der Waals surface area contributed by atoms with Gasteiger partial charge in [-0.3, -0.25) is 9.59 Å². The maximum atomic E-state index is 13.6. The highest BCUT2D eigenvalue weighted by atomic mass is 32.2. The summed E-state index contributed by atoms with van der Waals surface area (Å²) in [6, 6.07) is 21.5. The first-order valence-corrected chi connectivity index (χ1v) is 14.0. The van der Waals surface area contributed by atoms with E-state index in [0.717, 1.165) is 11.3 Å². The van der Waals surface area contributed by atoms with Crippen LogP contribution in [-0.2, 0) is 26.0 Å². The SMILES string of the molecule is CCOc1ccc(N2C(=O)CC(N(CCc3ccc(S(N)(=O)=O)cc3)C(=S)Nc3ccccc3)C2=O)cc1. The van der Waals surface area contributed by atoms with Gasteiger partial charge in [-0.2, -0.15) is 0 Å². The molecule has 0 aromatic heterocycles. The van der Waals surface area contributed by atoms with E-state index in [1.807, 2.05) is 37.3 Å². The van der Waals surface area contributed by atoms with Crippen LogP contribution in [0.25, 0.3) is 0 Å². The number of thiocarbonyl (C=S) groups is 1. The van der Waals surface area contributed by atoms with E-state index in [9.17, 15) is 18.0 Å². The lowest BCUT2D eigenvalue weighted by Crippen LogP contribution is -2.48. The van der Waals surface area contributed by atoms with E-state index in [1.165, 1.54) is 17.0 Å². The van der Waals surface area contributed by atoms with E-state index in [2.05, 4.69) is 5.32 Å². The number of ether oxygens (including phenoxy) is 1. The number of hydrogen-bond acceptors (Lipinski definition) is 6. The molecular formula is C27H28N4O5S2. The Kier molecular flexibility index (Phi) is 8.40. The third-order valence-electron chi connectivity index (χ3n) is 6.08. The van der Waals surface area contributed by atoms with Crippen molar-refractivity contribution in [1.82, 2.24) is 4.90 Å². The van der Waals surface area contributed by atoms with Crippen molar-refractivity contribution in [1.29, 1.82) is 0 Å². The Balaban J connectivity index is 1.56. The number of rotatable bonds is 9. The van der Waals surface area contributed by atoms with Crippen LogP contribution >= 0.6 is 12.2 Å². The van der Waals surface area contributed by atoms with Crippen LogP contribution in [0.3, 0.4) is 0 Å². The fourth-order valence-corrected chi connectivity index (χ4v) is 5.05. The predicted octanol–water partition coefficient (Wildman–Crippen LogP) is 3.31. The van der Waals surface area contributed by atoms with Gasteiger partial charge in [0.2, 0.25) is 15.9 Å². The number of sulfonamides is 1. The molecule has 1 atom stereocenters. The Morgan fingerprint density at radius 2 is 1.71 bits per heavy atom. The number of nitrogens with one attached hydrogen (secondary N) is 1. The molecule has 1 aliphatic rings. The molecule has 3 aromatic rings. The number of nitrogens with two attached hydrogens (primary N) is 1. The minimum atomic E-state index is -3.80. The van der Waals surface area contributed by atoms with E-state index >= 15 is 0 Å². The summed E-state index contributed by atoms with van der Waals surface area (Å²) < 4.78 is 28.6. The number of amides is 2. The Morgan fingerprint density at radius 1 is 1.05 bits per heavy atom. The molecule has 3 N–H and O–H groups in total. The maximum Gasteiger partial charge on any atom is 0.257 e. The van der Waals surface area contributed by atoms with Crippen molar-refractivity contribution in [2.75, 3.05) is 23.4 Å². The second-order valence-electron chi connectivity index (χ2n) is 8.64. The lowest BCUT2D eigenvalue weighted by molar-refractivity contribution is -0.122. The van der Waals surface area contributed by atoms with Gasteiger partial charge in [-0.1, -0.05) is 30.3 Å². The van der Waals surface area contributed by atoms with Gasteiger partial charge in [-0.05, 0) is 79.7 Å². The maximum absolute atomic E-state index is 13.6. The van der Waals surface area contributed by atoms with Crippen molar-refractivity contribution in [2.45, 2.75) is 30.7 Å². The highest BCUT2D eigenvalue weighted by molar-refractivity contribution is 7.89. The van der Waals surface area contributed by atoms with Crippen LogP contribution in [0.15, 0.2) is 83.8 Å². The zero-order valence-electron chi connectivity index (χ0n) is 20.7. The molecule has 1 fully saturated rings. The number of para-hydroxylation sites is 1. The van der Waals surface area contributed by atoms with Crippen LogP contribution in [0.4, 0.5) is 11.4 Å². The van der Waals surface area contributed by atoms with E-state index in [-0.39, 0.29) is 23.1 Å². The molecule has 0 spiro atoms. The molecule has 11 heteroatoms. The molecule has 1 unspecified atom stereocenters. The Morgan fingerprint density at radius 3 is 2.32 bits per heavy atom. The molecule has 38 heavy (non-hydrogen) atoms. The van der Waals surface area contributed by atoms with Gasteiger partial charge in [0.15, 0.2) is 5.11 Å². The summed E-state index contributed by atoms with van der Waals surface area (Å²) in [5.74, 6) is -0.0506. The van der Waals surface area contributed by atoms with Crippen LogP contribution in [0.5, 0.6) is 5.75 Å². The monoisotopic (exact) mass is 552 g/mol. The quantitative estimate of drug-likeness (QED) is 0.306. The van der Waals surface area contributed by atoms with Gasteiger partial charge in [0.25, 0.3) is 5.91 Å². The standard InChI is InChI=1S/C27H28N4O5S2/c1-2-36-22-12-10-21(11-13-22)31-25(32)18-24(26(31)33)30(27(37)29-20-6-4-3-5-7-20)17-16-19-8-14-23(15-9-19)38(28,34)35/h3-15,24H,2,16-18H2,1H3,(H,29,37)(H2,28,34,35). The van der Waals surface area contributed by atoms with Crippen molar-refractivity contribution >= 4 is 50.5 Å². The molecule has 1 heterocycles. The smallest absolute Gasteiger partial charge is 0.257 e. The van der Waals surface area contributed by atoms with Crippen LogP contribution in [0.1, 0.15) is 18.9 Å². The van der Waals surface area contributed by atoms with Gasteiger partial charge in [0.05, 0.1) is 23.6 Å². The lowest BCUT2D eigenvalue weighted by Gasteiger charge is -2.30. The highest BCUT2D eigenvalue weighted by Crippen LogP contribution is 2.28. The highest BCUT2D eigenvalue weighted by Gasteiger charge is 2.43. The van der Waals surface area contributed by atoms with Crippen LogP contribution in [0, 0.1) is 0 Å². The van der Waals surface area contributed by atoms with Crippen LogP contribution in [-0.4, -0.2) is 49.4 Å². The Labute approximate surface area is 227 Å². The second kappa shape index (κ2) is 11.7. The minimum absolute atomic E-state index is 0.0157. The summed E-state index contributed by atoms with van der Waals surface area (Å²) in [7, 11) is -3.80. The van der Waals surface area contributed by atoms with Gasteiger partial charge in [-0.15, -0.1) is 0 Å². The first-order valence-electron chi connectivity index (χ1n) is 12.0. The Bertz CT molecular complexity index is 1410. The summed E-state index contributed by atoms with van der Waals surface area (Å²) in [6.45, 7) is 2.70. The number of primary sulfonamides is 1. The molecule has 3 aromatic carbocycles. The van der Waals surface area contributed by atoms with E-state index in [1.54, 1.807) is 41.3 Å². The summed E-state index contributed by atoms with van der Waals surface area (Å²) in [5, 5.41) is 8.66. The number of imide groups is 1. The normalized spacial score (nSPS) is 15.4. The van der Waals surface area contributed by atoms with Gasteiger partial charge < -0.3 is 15.0 Å². The molecule has 1 aliphatic heterocycles. The number of hydrogen-bond donors (Lipinski definition) is 2. The third-order valence-corrected chi connectivity index (χ3v) is 7.35. The summed E-state index contributed by atoms with van der Waals surface area (Å²) in [5.41, 5.74) is 2.04. The number of anilines is 2. The molecule has 198 valence electrons. The Hall–Kier alpha value is -3.80. The first kappa shape index (κ1) is 27.2. The molecule has 0 aliphatic carbocycles. The van der Waals surface area contributed by atoms with Crippen LogP contribution < -0.4 is 20.1 Å². The average Bonchev–Trinajstić information content (AvgIpc) is 3.18. The zero-order valence-corrected chi connectivity index (χ0v) is 22.4. The predicted molar refractivity (Wildman–Crippen MR) is 149 cm³/mol. The summed E-state index contributed by atoms with van der Waals surface area (Å²) in [6.07, 6.45) is 0.412. The number of carbonyl (C=O) groups is 2. The van der Waals surface area contributed by atoms with Crippen molar-refractivity contribution in [3.05, 3.63) is 84.4 Å². The first-order chi connectivity index (χ1) is 18.2.